The third-order valence-corrected chi connectivity index (χ3v) is 6.98. The molecule has 1 saturated heterocycles. The van der Waals surface area contributed by atoms with Crippen LogP contribution in [0.1, 0.15) is 18.1 Å². The highest BCUT2D eigenvalue weighted by atomic mass is 16.8. The molecule has 0 amide bonds. The summed E-state index contributed by atoms with van der Waals surface area (Å²) in [5.74, 6) is -0.515. The average molecular weight is 355 g/mol. The van der Waals surface area contributed by atoms with Gasteiger partial charge in [0.25, 0.3) is 0 Å². The summed E-state index contributed by atoms with van der Waals surface area (Å²) >= 11 is 0. The fraction of sp³-hybridized carbons (Fsp3) is 0.500. The number of benzene rings is 1. The average Bonchev–Trinajstić information content (AvgIpc) is 3.22. The molecule has 6 nitrogen and oxygen atoms in total. The lowest BCUT2D eigenvalue weighted by Gasteiger charge is -2.61. The molecule has 3 heterocycles. The van der Waals surface area contributed by atoms with Crippen LogP contribution in [0, 0.1) is 0 Å². The van der Waals surface area contributed by atoms with Gasteiger partial charge in [0.1, 0.15) is 5.60 Å². The Morgan fingerprint density at radius 3 is 2.73 bits per heavy atom. The van der Waals surface area contributed by atoms with Crippen LogP contribution in [0.3, 0.4) is 0 Å². The van der Waals surface area contributed by atoms with Crippen LogP contribution in [0.4, 0.5) is 0 Å². The van der Waals surface area contributed by atoms with Gasteiger partial charge < -0.3 is 29.3 Å². The minimum absolute atomic E-state index is 0.0909. The van der Waals surface area contributed by atoms with Crippen molar-refractivity contribution in [3.05, 3.63) is 47.2 Å². The van der Waals surface area contributed by atoms with Gasteiger partial charge in [0, 0.05) is 12.6 Å². The van der Waals surface area contributed by atoms with Crippen molar-refractivity contribution in [2.45, 2.75) is 42.3 Å². The van der Waals surface area contributed by atoms with E-state index in [1.54, 1.807) is 6.07 Å². The molecule has 4 atom stereocenters. The van der Waals surface area contributed by atoms with Crippen molar-refractivity contribution in [1.29, 1.82) is 0 Å². The molecule has 2 aliphatic carbocycles. The number of likely N-dealkylation sites (N-methyl/N-ethyl adjacent to an activating group) is 1. The first-order valence-electron chi connectivity index (χ1n) is 9.07. The normalized spacial score (nSPS) is 40.4. The summed E-state index contributed by atoms with van der Waals surface area (Å²) in [6.45, 7) is 2.96. The van der Waals surface area contributed by atoms with Crippen molar-refractivity contribution in [3.63, 3.8) is 0 Å². The van der Waals surface area contributed by atoms with Gasteiger partial charge in [0.15, 0.2) is 17.6 Å². The number of hydrogen-bond acceptors (Lipinski definition) is 6. The van der Waals surface area contributed by atoms with Crippen molar-refractivity contribution < 1.29 is 24.4 Å². The Labute approximate surface area is 151 Å². The molecule has 6 heteroatoms. The summed E-state index contributed by atoms with van der Waals surface area (Å²) in [6, 6.07) is 3.50. The Morgan fingerprint density at radius 1 is 1.19 bits per heavy atom. The third kappa shape index (κ3) is 1.31. The molecule has 0 saturated carbocycles. The van der Waals surface area contributed by atoms with E-state index in [1.165, 1.54) is 0 Å². The van der Waals surface area contributed by atoms with Crippen molar-refractivity contribution in [2.24, 2.45) is 0 Å². The zero-order chi connectivity index (χ0) is 17.9. The second-order valence-corrected chi connectivity index (χ2v) is 8.03. The molecule has 3 aliphatic heterocycles. The summed E-state index contributed by atoms with van der Waals surface area (Å²) in [5, 5.41) is 22.6. The van der Waals surface area contributed by atoms with Crippen LogP contribution < -0.4 is 4.74 Å². The molecule has 2 bridgehead atoms. The fourth-order valence-electron chi connectivity index (χ4n) is 6.03. The second kappa shape index (κ2) is 4.27. The van der Waals surface area contributed by atoms with E-state index in [9.17, 15) is 10.2 Å². The highest BCUT2D eigenvalue weighted by molar-refractivity contribution is 5.68. The molecule has 1 fully saturated rings. The maximum atomic E-state index is 12.0. The Bertz CT molecular complexity index is 902. The number of ether oxygens (including phenoxy) is 3. The van der Waals surface area contributed by atoms with Gasteiger partial charge in [-0.3, -0.25) is 0 Å². The lowest BCUT2D eigenvalue weighted by molar-refractivity contribution is -0.222. The van der Waals surface area contributed by atoms with E-state index in [0.29, 0.717) is 25.4 Å². The van der Waals surface area contributed by atoms with E-state index in [2.05, 4.69) is 11.1 Å². The smallest absolute Gasteiger partial charge is 0.227 e. The Kier molecular flexibility index (Phi) is 2.48. The van der Waals surface area contributed by atoms with Gasteiger partial charge in [-0.2, -0.15) is 0 Å². The number of phenols is 1. The van der Waals surface area contributed by atoms with E-state index in [1.807, 2.05) is 32.2 Å². The van der Waals surface area contributed by atoms with Gasteiger partial charge in [0.2, 0.25) is 5.79 Å². The summed E-state index contributed by atoms with van der Waals surface area (Å²) in [7, 11) is 2.00. The second-order valence-electron chi connectivity index (χ2n) is 8.03. The minimum atomic E-state index is -1.17. The van der Waals surface area contributed by atoms with Crippen LogP contribution >= 0.6 is 0 Å². The maximum Gasteiger partial charge on any atom is 0.227 e. The predicted octanol–water partition coefficient (Wildman–Crippen LogP) is 1.21. The van der Waals surface area contributed by atoms with Crippen LogP contribution in [0.25, 0.3) is 0 Å². The first-order valence-corrected chi connectivity index (χ1v) is 9.07. The van der Waals surface area contributed by atoms with Gasteiger partial charge in [-0.25, -0.2) is 0 Å². The largest absolute Gasteiger partial charge is 0.504 e. The van der Waals surface area contributed by atoms with Gasteiger partial charge in [0.05, 0.1) is 24.7 Å². The number of aromatic hydroxyl groups is 1. The molecule has 4 unspecified atom stereocenters. The molecular weight excluding hydrogens is 334 g/mol. The van der Waals surface area contributed by atoms with E-state index < -0.39 is 22.9 Å². The first-order chi connectivity index (χ1) is 12.4. The lowest BCUT2D eigenvalue weighted by atomic mass is 9.49. The van der Waals surface area contributed by atoms with Crippen molar-refractivity contribution in [2.75, 3.05) is 20.3 Å². The van der Waals surface area contributed by atoms with E-state index >= 15 is 0 Å². The topological polar surface area (TPSA) is 71.4 Å². The monoisotopic (exact) mass is 355 g/mol. The van der Waals surface area contributed by atoms with Gasteiger partial charge >= 0.3 is 0 Å². The SMILES string of the molecule is CC1=CN(C)C2Cc3ccc(O)c4c3C13C(O4)C1(C=CC23O)OCCO1. The van der Waals surface area contributed by atoms with Crippen LogP contribution in [-0.2, 0) is 21.3 Å². The number of nitrogens with zero attached hydrogens (tertiary/aromatic N) is 1. The molecule has 1 aromatic rings. The number of aliphatic hydroxyl groups is 1. The molecule has 0 radical (unpaired) electrons. The highest BCUT2D eigenvalue weighted by Gasteiger charge is 2.76. The van der Waals surface area contributed by atoms with Crippen molar-refractivity contribution in [3.8, 4) is 11.5 Å². The standard InChI is InChI=1S/C20H21NO5/c1-11-10-21(2)14-9-12-3-4-13(22)16-15(12)20(11)17(26-16)19(24-7-8-25-19)6-5-18(14,20)23/h3-6,10,14,17,22-23H,7-9H2,1-2H3. The van der Waals surface area contributed by atoms with Crippen LogP contribution in [0.15, 0.2) is 36.1 Å². The van der Waals surface area contributed by atoms with Gasteiger partial charge in [-0.05, 0) is 48.9 Å². The number of hydrogen-bond donors (Lipinski definition) is 2. The van der Waals surface area contributed by atoms with E-state index in [4.69, 9.17) is 14.2 Å². The predicted molar refractivity (Wildman–Crippen MR) is 91.9 cm³/mol. The third-order valence-electron chi connectivity index (χ3n) is 6.98. The molecule has 2 N–H and O–H groups in total. The molecule has 26 heavy (non-hydrogen) atoms. The first kappa shape index (κ1) is 15.1. The van der Waals surface area contributed by atoms with Crippen molar-refractivity contribution in [1.82, 2.24) is 4.90 Å². The number of fused-ring (bicyclic) bond motifs is 1. The minimum Gasteiger partial charge on any atom is -0.504 e. The molecule has 136 valence electrons. The fourth-order valence-corrected chi connectivity index (χ4v) is 6.03. The Hall–Kier alpha value is -2.02. The summed E-state index contributed by atoms with van der Waals surface area (Å²) in [6.07, 6.45) is 5.83. The molecule has 0 aromatic heterocycles. The summed E-state index contributed by atoms with van der Waals surface area (Å²) in [5.41, 5.74) is 0.948. The molecule has 2 spiro atoms. The maximum absolute atomic E-state index is 12.0. The van der Waals surface area contributed by atoms with E-state index in [-0.39, 0.29) is 11.8 Å². The Balaban J connectivity index is 1.76. The quantitative estimate of drug-likeness (QED) is 0.682. The van der Waals surface area contributed by atoms with Gasteiger partial charge in [-0.15, -0.1) is 0 Å². The summed E-state index contributed by atoms with van der Waals surface area (Å²) in [4.78, 5) is 2.09. The lowest BCUT2D eigenvalue weighted by Crippen LogP contribution is -2.76. The Morgan fingerprint density at radius 2 is 1.96 bits per heavy atom. The van der Waals surface area contributed by atoms with Crippen LogP contribution in [0.5, 0.6) is 11.5 Å². The zero-order valence-electron chi connectivity index (χ0n) is 14.7. The molecule has 6 rings (SSSR count). The van der Waals surface area contributed by atoms with Crippen LogP contribution in [0.2, 0.25) is 0 Å². The number of rotatable bonds is 0. The molecule has 1 aromatic carbocycles. The molecular formula is C20H21NO5. The van der Waals surface area contributed by atoms with Gasteiger partial charge in [-0.1, -0.05) is 6.07 Å². The molecule has 5 aliphatic rings. The highest BCUT2D eigenvalue weighted by Crippen LogP contribution is 2.67. The van der Waals surface area contributed by atoms with E-state index in [0.717, 1.165) is 16.7 Å². The number of phenolic OH excluding ortho intramolecular Hbond substituents is 1. The van der Waals surface area contributed by atoms with Crippen LogP contribution in [-0.4, -0.2) is 58.9 Å². The summed E-state index contributed by atoms with van der Waals surface area (Å²) < 4.78 is 18.4. The van der Waals surface area contributed by atoms with Crippen molar-refractivity contribution >= 4 is 0 Å². The zero-order valence-corrected chi connectivity index (χ0v) is 14.7.